The summed E-state index contributed by atoms with van der Waals surface area (Å²) in [7, 11) is 1.77. The number of ether oxygens (including phenoxy) is 1. The van der Waals surface area contributed by atoms with Gasteiger partial charge in [-0.25, -0.2) is 0 Å². The van der Waals surface area contributed by atoms with Crippen LogP contribution in [-0.4, -0.2) is 30.3 Å². The first-order valence-electron chi connectivity index (χ1n) is 6.99. The molecule has 0 saturated heterocycles. The van der Waals surface area contributed by atoms with Gasteiger partial charge in [-0.05, 0) is 24.8 Å². The quantitative estimate of drug-likeness (QED) is 0.308. The van der Waals surface area contributed by atoms with Crippen LogP contribution in [0.2, 0.25) is 0 Å². The molecule has 2 rings (SSSR count). The number of benzene rings is 1. The molecule has 0 radical (unpaired) electrons. The van der Waals surface area contributed by atoms with Crippen LogP contribution in [0.25, 0.3) is 0 Å². The van der Waals surface area contributed by atoms with Crippen LogP contribution >= 0.6 is 0 Å². The van der Waals surface area contributed by atoms with Crippen LogP contribution in [0.15, 0.2) is 35.5 Å². The van der Waals surface area contributed by atoms with E-state index in [-0.39, 0.29) is 17.5 Å². The van der Waals surface area contributed by atoms with Crippen molar-refractivity contribution in [2.45, 2.75) is 37.3 Å². The number of oxime groups is 1. The maximum absolute atomic E-state index is 8.77. The zero-order chi connectivity index (χ0) is 14.4. The van der Waals surface area contributed by atoms with Gasteiger partial charge in [-0.2, -0.15) is 0 Å². The summed E-state index contributed by atoms with van der Waals surface area (Å²) in [6, 6.07) is 10.1. The van der Waals surface area contributed by atoms with Crippen molar-refractivity contribution in [2.24, 2.45) is 10.9 Å². The van der Waals surface area contributed by atoms with E-state index in [1.807, 2.05) is 30.3 Å². The highest BCUT2D eigenvalue weighted by molar-refractivity contribution is 5.80. The maximum atomic E-state index is 8.77. The first-order chi connectivity index (χ1) is 9.69. The molecule has 1 aliphatic carbocycles. The lowest BCUT2D eigenvalue weighted by molar-refractivity contribution is -0.0708. The van der Waals surface area contributed by atoms with Crippen molar-refractivity contribution in [3.05, 3.63) is 35.9 Å². The van der Waals surface area contributed by atoms with Crippen LogP contribution in [0.1, 0.15) is 37.3 Å². The highest BCUT2D eigenvalue weighted by Crippen LogP contribution is 2.35. The lowest BCUT2D eigenvalue weighted by atomic mass is 9.79. The second-order valence-corrected chi connectivity index (χ2v) is 5.38. The van der Waals surface area contributed by atoms with Gasteiger partial charge in [-0.15, -0.1) is 0 Å². The zero-order valence-electron chi connectivity index (χ0n) is 11.9. The molecular formula is C15H23N3O2. The van der Waals surface area contributed by atoms with Crippen LogP contribution < -0.4 is 11.1 Å². The molecule has 1 saturated carbocycles. The molecule has 1 aliphatic rings. The predicted molar refractivity (Wildman–Crippen MR) is 78.8 cm³/mol. The fourth-order valence-electron chi connectivity index (χ4n) is 2.58. The Morgan fingerprint density at radius 3 is 2.65 bits per heavy atom. The summed E-state index contributed by atoms with van der Waals surface area (Å²) in [5.74, 6) is 0.228. The Labute approximate surface area is 119 Å². The Bertz CT molecular complexity index is 438. The molecule has 0 amide bonds. The molecular weight excluding hydrogens is 254 g/mol. The minimum Gasteiger partial charge on any atom is -0.409 e. The molecule has 1 aromatic carbocycles. The predicted octanol–water partition coefficient (Wildman–Crippen LogP) is 2.02. The first kappa shape index (κ1) is 14.8. The summed E-state index contributed by atoms with van der Waals surface area (Å²) in [4.78, 5) is 0. The van der Waals surface area contributed by atoms with E-state index in [1.54, 1.807) is 7.11 Å². The smallest absolute Gasteiger partial charge is 0.141 e. The SMILES string of the molecule is COC1(CNC(C/C(N)=N/O)c2ccccc2)CCC1. The molecule has 20 heavy (non-hydrogen) atoms. The molecule has 5 nitrogen and oxygen atoms in total. The van der Waals surface area contributed by atoms with E-state index in [2.05, 4.69) is 10.5 Å². The van der Waals surface area contributed by atoms with E-state index < -0.39 is 0 Å². The fraction of sp³-hybridized carbons (Fsp3) is 0.533. The van der Waals surface area contributed by atoms with Crippen molar-refractivity contribution in [2.75, 3.05) is 13.7 Å². The standard InChI is InChI=1S/C15H23N3O2/c1-20-15(8-5-9-15)11-17-13(10-14(16)18-19)12-6-3-2-4-7-12/h2-4,6-7,13,17,19H,5,8-11H2,1H3,(H2,16,18). The number of nitrogens with two attached hydrogens (primary N) is 1. The summed E-state index contributed by atoms with van der Waals surface area (Å²) < 4.78 is 5.62. The number of hydrogen-bond donors (Lipinski definition) is 3. The van der Waals surface area contributed by atoms with Gasteiger partial charge in [-0.1, -0.05) is 35.5 Å². The summed E-state index contributed by atoms with van der Waals surface area (Å²) in [5.41, 5.74) is 6.74. The Morgan fingerprint density at radius 2 is 2.15 bits per heavy atom. The van der Waals surface area contributed by atoms with E-state index in [4.69, 9.17) is 15.7 Å². The van der Waals surface area contributed by atoms with E-state index in [0.717, 1.165) is 24.9 Å². The van der Waals surface area contributed by atoms with Gasteiger partial charge in [0.1, 0.15) is 5.84 Å². The second kappa shape index (κ2) is 6.72. The molecule has 1 unspecified atom stereocenters. The number of methoxy groups -OCH3 is 1. The zero-order valence-corrected chi connectivity index (χ0v) is 11.9. The summed E-state index contributed by atoms with van der Waals surface area (Å²) in [6.07, 6.45) is 3.86. The van der Waals surface area contributed by atoms with E-state index >= 15 is 0 Å². The topological polar surface area (TPSA) is 79.9 Å². The molecule has 0 heterocycles. The third-order valence-electron chi connectivity index (χ3n) is 4.11. The minimum atomic E-state index is -0.0435. The number of nitrogens with zero attached hydrogens (tertiary/aromatic N) is 1. The Hall–Kier alpha value is -1.59. The number of amidine groups is 1. The van der Waals surface area contributed by atoms with E-state index in [0.29, 0.717) is 6.42 Å². The van der Waals surface area contributed by atoms with Crippen molar-refractivity contribution < 1.29 is 9.94 Å². The van der Waals surface area contributed by atoms with Crippen molar-refractivity contribution in [3.8, 4) is 0 Å². The lowest BCUT2D eigenvalue weighted by Crippen LogP contribution is -2.49. The lowest BCUT2D eigenvalue weighted by Gasteiger charge is -2.41. The number of rotatable bonds is 7. The van der Waals surface area contributed by atoms with E-state index in [1.165, 1.54) is 6.42 Å². The third kappa shape index (κ3) is 3.49. The third-order valence-corrected chi connectivity index (χ3v) is 4.11. The van der Waals surface area contributed by atoms with Gasteiger partial charge in [0.15, 0.2) is 0 Å². The highest BCUT2D eigenvalue weighted by Gasteiger charge is 2.37. The maximum Gasteiger partial charge on any atom is 0.141 e. The van der Waals surface area contributed by atoms with Crippen LogP contribution in [0, 0.1) is 0 Å². The van der Waals surface area contributed by atoms with Gasteiger partial charge in [0.2, 0.25) is 0 Å². The summed E-state index contributed by atoms with van der Waals surface area (Å²) in [5, 5.41) is 15.3. The normalized spacial score (nSPS) is 19.4. The molecule has 5 heteroatoms. The fourth-order valence-corrected chi connectivity index (χ4v) is 2.58. The molecule has 0 spiro atoms. The van der Waals surface area contributed by atoms with Gasteiger partial charge < -0.3 is 21.0 Å². The van der Waals surface area contributed by atoms with Crippen molar-refractivity contribution >= 4 is 5.84 Å². The minimum absolute atomic E-state index is 0.0275. The molecule has 110 valence electrons. The monoisotopic (exact) mass is 277 g/mol. The van der Waals surface area contributed by atoms with Gasteiger partial charge in [0.25, 0.3) is 0 Å². The Balaban J connectivity index is 2.03. The molecule has 1 atom stereocenters. The molecule has 4 N–H and O–H groups in total. The summed E-state index contributed by atoms with van der Waals surface area (Å²) in [6.45, 7) is 0.780. The van der Waals surface area contributed by atoms with Gasteiger partial charge in [0.05, 0.1) is 5.60 Å². The average Bonchev–Trinajstić information content (AvgIpc) is 2.46. The highest BCUT2D eigenvalue weighted by atomic mass is 16.5. The van der Waals surface area contributed by atoms with Crippen molar-refractivity contribution in [1.29, 1.82) is 0 Å². The van der Waals surface area contributed by atoms with Crippen molar-refractivity contribution in [1.82, 2.24) is 5.32 Å². The first-order valence-corrected chi connectivity index (χ1v) is 6.99. The molecule has 1 aromatic rings. The van der Waals surface area contributed by atoms with Crippen LogP contribution in [0.4, 0.5) is 0 Å². The Kier molecular flexibility index (Phi) is 4.98. The largest absolute Gasteiger partial charge is 0.409 e. The van der Waals surface area contributed by atoms with E-state index in [9.17, 15) is 0 Å². The molecule has 1 fully saturated rings. The average molecular weight is 277 g/mol. The van der Waals surface area contributed by atoms with Gasteiger partial charge in [-0.3, -0.25) is 0 Å². The Morgan fingerprint density at radius 1 is 1.45 bits per heavy atom. The summed E-state index contributed by atoms with van der Waals surface area (Å²) >= 11 is 0. The molecule has 0 bridgehead atoms. The van der Waals surface area contributed by atoms with Crippen LogP contribution in [0.5, 0.6) is 0 Å². The second-order valence-electron chi connectivity index (χ2n) is 5.38. The number of hydrogen-bond acceptors (Lipinski definition) is 4. The molecule has 0 aliphatic heterocycles. The number of nitrogens with one attached hydrogen (secondary N) is 1. The van der Waals surface area contributed by atoms with Gasteiger partial charge in [0, 0.05) is 26.1 Å². The van der Waals surface area contributed by atoms with Crippen molar-refractivity contribution in [3.63, 3.8) is 0 Å². The van der Waals surface area contributed by atoms with Crippen LogP contribution in [-0.2, 0) is 4.74 Å². The van der Waals surface area contributed by atoms with Gasteiger partial charge >= 0.3 is 0 Å². The van der Waals surface area contributed by atoms with Crippen LogP contribution in [0.3, 0.4) is 0 Å². The molecule has 0 aromatic heterocycles.